The molecule has 2 bridgehead atoms. The predicted molar refractivity (Wildman–Crippen MR) is 85.3 cm³/mol. The van der Waals surface area contributed by atoms with Gasteiger partial charge in [-0.3, -0.25) is 0 Å². The molecular weight excluding hydrogens is 286 g/mol. The maximum absolute atomic E-state index is 6.52. The van der Waals surface area contributed by atoms with Gasteiger partial charge in [-0.15, -0.1) is 11.3 Å². The summed E-state index contributed by atoms with van der Waals surface area (Å²) in [5.41, 5.74) is 0. The molecular formula is C17H18ClNS. The Morgan fingerprint density at radius 1 is 1.15 bits per heavy atom. The lowest BCUT2D eigenvalue weighted by molar-refractivity contribution is 0.456. The van der Waals surface area contributed by atoms with E-state index in [0.717, 1.165) is 41.3 Å². The van der Waals surface area contributed by atoms with Gasteiger partial charge in [0, 0.05) is 27.5 Å². The summed E-state index contributed by atoms with van der Waals surface area (Å²) in [6, 6.07) is 9.25. The van der Waals surface area contributed by atoms with Gasteiger partial charge in [-0.05, 0) is 49.0 Å². The van der Waals surface area contributed by atoms with E-state index in [1.165, 1.54) is 34.2 Å². The van der Waals surface area contributed by atoms with Crippen molar-refractivity contribution in [2.24, 2.45) is 23.7 Å². The Kier molecular flexibility index (Phi) is 2.54. The van der Waals surface area contributed by atoms with E-state index in [1.807, 2.05) is 11.3 Å². The van der Waals surface area contributed by atoms with E-state index in [4.69, 9.17) is 11.6 Å². The number of rotatable bonds is 3. The van der Waals surface area contributed by atoms with Crippen LogP contribution in [-0.2, 0) is 6.54 Å². The standard InChI is InChI=1S/C17H18ClNS/c18-16-11-3-1-2-4-12(11)20-13(16)8-19-17-14-9-5-6-10(7-9)15(14)17/h1-4,9-10,14-15,17,19H,5-8H2. The molecule has 1 nitrogen and oxygen atoms in total. The van der Waals surface area contributed by atoms with Crippen LogP contribution in [0.5, 0.6) is 0 Å². The highest BCUT2D eigenvalue weighted by atomic mass is 35.5. The van der Waals surface area contributed by atoms with E-state index in [-0.39, 0.29) is 0 Å². The number of fused-ring (bicyclic) bond motifs is 6. The van der Waals surface area contributed by atoms with Crippen molar-refractivity contribution < 1.29 is 0 Å². The second-order valence-corrected chi connectivity index (χ2v) is 8.24. The van der Waals surface area contributed by atoms with Crippen molar-refractivity contribution in [1.82, 2.24) is 5.32 Å². The first kappa shape index (κ1) is 12.0. The molecule has 2 aromatic rings. The van der Waals surface area contributed by atoms with Crippen LogP contribution >= 0.6 is 22.9 Å². The fraction of sp³-hybridized carbons (Fsp3) is 0.529. The number of hydrogen-bond donors (Lipinski definition) is 1. The average Bonchev–Trinajstić information content (AvgIpc) is 2.79. The summed E-state index contributed by atoms with van der Waals surface area (Å²) in [6.45, 7) is 0.954. The lowest BCUT2D eigenvalue weighted by Gasteiger charge is -2.09. The first-order valence-electron chi connectivity index (χ1n) is 7.72. The molecule has 0 saturated heterocycles. The van der Waals surface area contributed by atoms with Crippen LogP contribution in [0.4, 0.5) is 0 Å². The largest absolute Gasteiger partial charge is 0.308 e. The SMILES string of the molecule is Clc1c(CNC2C3C4CCC(C4)C23)sc2ccccc12. The summed E-state index contributed by atoms with van der Waals surface area (Å²) in [4.78, 5) is 1.31. The highest BCUT2D eigenvalue weighted by molar-refractivity contribution is 7.19. The van der Waals surface area contributed by atoms with Crippen molar-refractivity contribution in [2.75, 3.05) is 0 Å². The zero-order valence-corrected chi connectivity index (χ0v) is 12.9. The van der Waals surface area contributed by atoms with Gasteiger partial charge in [-0.25, -0.2) is 0 Å². The molecule has 1 aromatic heterocycles. The molecule has 1 N–H and O–H groups in total. The van der Waals surface area contributed by atoms with Gasteiger partial charge in [-0.2, -0.15) is 0 Å². The van der Waals surface area contributed by atoms with Crippen molar-refractivity contribution in [3.8, 4) is 0 Å². The number of thiophene rings is 1. The van der Waals surface area contributed by atoms with Crippen LogP contribution in [0.1, 0.15) is 24.1 Å². The van der Waals surface area contributed by atoms with Crippen molar-refractivity contribution in [2.45, 2.75) is 31.8 Å². The van der Waals surface area contributed by atoms with Gasteiger partial charge in [0.15, 0.2) is 0 Å². The molecule has 3 saturated carbocycles. The summed E-state index contributed by atoms with van der Waals surface area (Å²) in [6.07, 6.45) is 4.51. The Labute approximate surface area is 128 Å². The minimum Gasteiger partial charge on any atom is -0.308 e. The van der Waals surface area contributed by atoms with Gasteiger partial charge >= 0.3 is 0 Å². The summed E-state index contributed by atoms with van der Waals surface area (Å²) >= 11 is 8.37. The first-order chi connectivity index (χ1) is 9.83. The zero-order chi connectivity index (χ0) is 13.3. The predicted octanol–water partition coefficient (Wildman–Crippen LogP) is 4.69. The molecule has 0 spiro atoms. The van der Waals surface area contributed by atoms with Gasteiger partial charge in [0.1, 0.15) is 0 Å². The summed E-state index contributed by atoms with van der Waals surface area (Å²) in [5, 5.41) is 5.98. The molecule has 3 aliphatic rings. The van der Waals surface area contributed by atoms with Crippen molar-refractivity contribution in [1.29, 1.82) is 0 Å². The molecule has 3 aliphatic carbocycles. The number of benzene rings is 1. The van der Waals surface area contributed by atoms with Crippen LogP contribution in [0, 0.1) is 23.7 Å². The lowest BCUT2D eigenvalue weighted by Crippen LogP contribution is -2.22. The topological polar surface area (TPSA) is 12.0 Å². The maximum Gasteiger partial charge on any atom is 0.0636 e. The average molecular weight is 304 g/mol. The molecule has 20 heavy (non-hydrogen) atoms. The quantitative estimate of drug-likeness (QED) is 0.867. The van der Waals surface area contributed by atoms with Gasteiger partial charge < -0.3 is 5.32 Å². The monoisotopic (exact) mass is 303 g/mol. The second-order valence-electron chi connectivity index (χ2n) is 6.73. The number of halogens is 1. The highest BCUT2D eigenvalue weighted by Gasteiger charge is 2.64. The fourth-order valence-electron chi connectivity index (χ4n) is 4.99. The zero-order valence-electron chi connectivity index (χ0n) is 11.3. The minimum absolute atomic E-state index is 0.794. The Morgan fingerprint density at radius 2 is 1.90 bits per heavy atom. The third-order valence-electron chi connectivity index (χ3n) is 5.84. The fourth-order valence-corrected chi connectivity index (χ4v) is 6.44. The minimum atomic E-state index is 0.794. The molecule has 104 valence electrons. The van der Waals surface area contributed by atoms with Crippen LogP contribution in [0.25, 0.3) is 10.1 Å². The molecule has 0 aliphatic heterocycles. The Hall–Kier alpha value is -0.570. The molecule has 3 fully saturated rings. The van der Waals surface area contributed by atoms with E-state index in [0.29, 0.717) is 0 Å². The smallest absolute Gasteiger partial charge is 0.0636 e. The maximum atomic E-state index is 6.52. The van der Waals surface area contributed by atoms with Crippen LogP contribution < -0.4 is 5.32 Å². The lowest BCUT2D eigenvalue weighted by atomic mass is 10.0. The van der Waals surface area contributed by atoms with Crippen LogP contribution in [-0.4, -0.2) is 6.04 Å². The van der Waals surface area contributed by atoms with Gasteiger partial charge in [0.2, 0.25) is 0 Å². The van der Waals surface area contributed by atoms with Crippen LogP contribution in [0.3, 0.4) is 0 Å². The Bertz CT molecular complexity index is 663. The number of nitrogens with one attached hydrogen (secondary N) is 1. The number of hydrogen-bond acceptors (Lipinski definition) is 2. The van der Waals surface area contributed by atoms with Gasteiger partial charge in [0.05, 0.1) is 5.02 Å². The molecule has 0 radical (unpaired) electrons. The van der Waals surface area contributed by atoms with Gasteiger partial charge in [0.25, 0.3) is 0 Å². The van der Waals surface area contributed by atoms with E-state index in [1.54, 1.807) is 0 Å². The van der Waals surface area contributed by atoms with E-state index in [2.05, 4.69) is 29.6 Å². The van der Waals surface area contributed by atoms with E-state index in [9.17, 15) is 0 Å². The van der Waals surface area contributed by atoms with Gasteiger partial charge in [-0.1, -0.05) is 29.8 Å². The first-order valence-corrected chi connectivity index (χ1v) is 8.91. The highest BCUT2D eigenvalue weighted by Crippen LogP contribution is 2.65. The molecule has 1 aromatic carbocycles. The van der Waals surface area contributed by atoms with Crippen LogP contribution in [0.15, 0.2) is 24.3 Å². The van der Waals surface area contributed by atoms with Crippen molar-refractivity contribution in [3.05, 3.63) is 34.2 Å². The molecule has 4 atom stereocenters. The Morgan fingerprint density at radius 3 is 2.65 bits per heavy atom. The molecule has 5 rings (SSSR count). The van der Waals surface area contributed by atoms with E-state index >= 15 is 0 Å². The van der Waals surface area contributed by atoms with Crippen LogP contribution in [0.2, 0.25) is 5.02 Å². The molecule has 4 unspecified atom stereocenters. The van der Waals surface area contributed by atoms with E-state index < -0.39 is 0 Å². The van der Waals surface area contributed by atoms with Crippen molar-refractivity contribution >= 4 is 33.0 Å². The molecule has 1 heterocycles. The van der Waals surface area contributed by atoms with Crippen molar-refractivity contribution in [3.63, 3.8) is 0 Å². The third-order valence-corrected chi connectivity index (χ3v) is 7.55. The molecule has 0 amide bonds. The summed E-state index contributed by atoms with van der Waals surface area (Å²) < 4.78 is 1.31. The summed E-state index contributed by atoms with van der Waals surface area (Å²) in [5.74, 6) is 4.09. The normalized spacial score (nSPS) is 37.5. The Balaban J connectivity index is 1.34. The second kappa shape index (κ2) is 4.22. The molecule has 3 heteroatoms. The third kappa shape index (κ3) is 1.59. The summed E-state index contributed by atoms with van der Waals surface area (Å²) in [7, 11) is 0.